The largest absolute Gasteiger partial charge is 0.306 e. The van der Waals surface area contributed by atoms with Crippen molar-refractivity contribution < 1.29 is 4.39 Å². The molecule has 2 aromatic carbocycles. The Morgan fingerprint density at radius 1 is 1.14 bits per heavy atom. The zero-order valence-corrected chi connectivity index (χ0v) is 14.3. The Morgan fingerprint density at radius 2 is 1.95 bits per heavy atom. The highest BCUT2D eigenvalue weighted by Crippen LogP contribution is 2.30. The summed E-state index contributed by atoms with van der Waals surface area (Å²) < 4.78 is 14.3. The average molecular weight is 395 g/mol. The zero-order chi connectivity index (χ0) is 14.8. The molecule has 1 unspecified atom stereocenters. The third-order valence-electron chi connectivity index (χ3n) is 4.14. The highest BCUT2D eigenvalue weighted by atomic mass is 127. The molecule has 110 valence electrons. The van der Waals surface area contributed by atoms with Crippen LogP contribution in [0, 0.1) is 9.39 Å². The molecule has 3 rings (SSSR count). The summed E-state index contributed by atoms with van der Waals surface area (Å²) in [5.74, 6) is -0.174. The quantitative estimate of drug-likeness (QED) is 0.746. The molecule has 3 heteroatoms. The molecular weight excluding hydrogens is 376 g/mol. The smallest absolute Gasteiger partial charge is 0.124 e. The van der Waals surface area contributed by atoms with E-state index in [9.17, 15) is 4.39 Å². The molecule has 0 fully saturated rings. The molecule has 0 aromatic heterocycles. The minimum Gasteiger partial charge on any atom is -0.306 e. The molecule has 1 nitrogen and oxygen atoms in total. The normalized spacial score (nSPS) is 15.0. The van der Waals surface area contributed by atoms with Crippen LogP contribution in [0.1, 0.15) is 41.6 Å². The van der Waals surface area contributed by atoms with Gasteiger partial charge in [-0.25, -0.2) is 4.39 Å². The van der Waals surface area contributed by atoms with Crippen molar-refractivity contribution in [2.75, 3.05) is 6.54 Å². The third kappa shape index (κ3) is 3.14. The number of aryl methyl sites for hydroxylation is 2. The fourth-order valence-electron chi connectivity index (χ4n) is 3.12. The second-order valence-electron chi connectivity index (χ2n) is 5.54. The van der Waals surface area contributed by atoms with Crippen molar-refractivity contribution in [3.8, 4) is 0 Å². The summed E-state index contributed by atoms with van der Waals surface area (Å²) in [6, 6.07) is 12.0. The summed E-state index contributed by atoms with van der Waals surface area (Å²) in [6.45, 7) is 2.99. The Balaban J connectivity index is 2.01. The van der Waals surface area contributed by atoms with Crippen molar-refractivity contribution in [1.82, 2.24) is 5.32 Å². The molecule has 1 atom stereocenters. The molecular formula is C18H19FIN. The van der Waals surface area contributed by atoms with Crippen LogP contribution in [0.25, 0.3) is 0 Å². The van der Waals surface area contributed by atoms with E-state index >= 15 is 0 Å². The number of halogens is 2. The average Bonchev–Trinajstić information content (AvgIpc) is 2.93. The van der Waals surface area contributed by atoms with Gasteiger partial charge in [-0.15, -0.1) is 0 Å². The van der Waals surface area contributed by atoms with Crippen LogP contribution in [0.4, 0.5) is 4.39 Å². The number of hydrogen-bond acceptors (Lipinski definition) is 1. The Bertz CT molecular complexity index is 654. The van der Waals surface area contributed by atoms with Crippen molar-refractivity contribution in [3.63, 3.8) is 0 Å². The van der Waals surface area contributed by atoms with E-state index in [-0.39, 0.29) is 11.9 Å². The predicted octanol–water partition coefficient (Wildman–Crippen LogP) is 4.62. The van der Waals surface area contributed by atoms with Crippen LogP contribution in [0.3, 0.4) is 0 Å². The van der Waals surface area contributed by atoms with Crippen molar-refractivity contribution in [2.24, 2.45) is 0 Å². The molecule has 1 aliphatic carbocycles. The molecule has 1 N–H and O–H groups in total. The maximum absolute atomic E-state index is 13.4. The van der Waals surface area contributed by atoms with Crippen molar-refractivity contribution in [2.45, 2.75) is 32.2 Å². The van der Waals surface area contributed by atoms with E-state index < -0.39 is 0 Å². The van der Waals surface area contributed by atoms with Gasteiger partial charge in [0, 0.05) is 3.57 Å². The van der Waals surface area contributed by atoms with E-state index in [1.165, 1.54) is 36.0 Å². The molecule has 1 aliphatic rings. The summed E-state index contributed by atoms with van der Waals surface area (Å²) in [4.78, 5) is 0. The molecule has 0 radical (unpaired) electrons. The highest BCUT2D eigenvalue weighted by Gasteiger charge is 2.19. The summed E-state index contributed by atoms with van der Waals surface area (Å²) in [6.07, 6.45) is 3.65. The van der Waals surface area contributed by atoms with Crippen molar-refractivity contribution >= 4 is 22.6 Å². The minimum atomic E-state index is -0.174. The fraction of sp³-hybridized carbons (Fsp3) is 0.333. The van der Waals surface area contributed by atoms with Crippen LogP contribution in [-0.4, -0.2) is 6.54 Å². The molecule has 21 heavy (non-hydrogen) atoms. The molecule has 0 saturated carbocycles. The monoisotopic (exact) mass is 395 g/mol. The summed E-state index contributed by atoms with van der Waals surface area (Å²) >= 11 is 2.22. The number of benzene rings is 2. The van der Waals surface area contributed by atoms with Crippen LogP contribution in [0.15, 0.2) is 36.4 Å². The number of hydrogen-bond donors (Lipinski definition) is 1. The second kappa shape index (κ2) is 6.44. The highest BCUT2D eigenvalue weighted by molar-refractivity contribution is 14.1. The van der Waals surface area contributed by atoms with Crippen LogP contribution in [0.5, 0.6) is 0 Å². The van der Waals surface area contributed by atoms with E-state index in [1.54, 1.807) is 12.1 Å². The number of nitrogens with one attached hydrogen (secondary N) is 1. The number of fused-ring (bicyclic) bond motifs is 1. The lowest BCUT2D eigenvalue weighted by molar-refractivity contribution is 0.610. The van der Waals surface area contributed by atoms with E-state index in [0.29, 0.717) is 0 Å². The van der Waals surface area contributed by atoms with Gasteiger partial charge in [-0.1, -0.05) is 31.2 Å². The first-order valence-electron chi connectivity index (χ1n) is 7.49. The van der Waals surface area contributed by atoms with Crippen LogP contribution >= 0.6 is 22.6 Å². The molecule has 0 aliphatic heterocycles. The van der Waals surface area contributed by atoms with Gasteiger partial charge in [0.1, 0.15) is 5.82 Å². The molecule has 0 saturated heterocycles. The van der Waals surface area contributed by atoms with Gasteiger partial charge in [-0.05, 0) is 82.8 Å². The second-order valence-corrected chi connectivity index (χ2v) is 6.70. The minimum absolute atomic E-state index is 0.133. The molecule has 0 bridgehead atoms. The first-order valence-corrected chi connectivity index (χ1v) is 8.57. The fourth-order valence-corrected chi connectivity index (χ4v) is 3.91. The van der Waals surface area contributed by atoms with Gasteiger partial charge in [0.05, 0.1) is 6.04 Å². The van der Waals surface area contributed by atoms with E-state index in [2.05, 4.69) is 53.0 Å². The van der Waals surface area contributed by atoms with Gasteiger partial charge in [-0.2, -0.15) is 0 Å². The Morgan fingerprint density at radius 3 is 2.71 bits per heavy atom. The lowest BCUT2D eigenvalue weighted by Gasteiger charge is -2.21. The summed E-state index contributed by atoms with van der Waals surface area (Å²) in [5.41, 5.74) is 5.40. The van der Waals surface area contributed by atoms with Gasteiger partial charge in [0.2, 0.25) is 0 Å². The van der Waals surface area contributed by atoms with Gasteiger partial charge >= 0.3 is 0 Å². The van der Waals surface area contributed by atoms with Gasteiger partial charge in [0.25, 0.3) is 0 Å². The first-order chi connectivity index (χ1) is 10.2. The van der Waals surface area contributed by atoms with E-state index in [4.69, 9.17) is 0 Å². The zero-order valence-electron chi connectivity index (χ0n) is 12.1. The SMILES string of the molecule is CCNC(c1ccc2c(c1)CCC2)c1ccc(F)cc1I. The molecule has 0 amide bonds. The molecule has 0 heterocycles. The Hall–Kier alpha value is -0.940. The third-order valence-corrected chi connectivity index (χ3v) is 5.07. The van der Waals surface area contributed by atoms with Gasteiger partial charge in [0.15, 0.2) is 0 Å². The first kappa shape index (κ1) is 15.0. The number of rotatable bonds is 4. The molecule has 2 aromatic rings. The Labute approximate surface area is 139 Å². The lowest BCUT2D eigenvalue weighted by atomic mass is 9.95. The lowest BCUT2D eigenvalue weighted by Crippen LogP contribution is -2.23. The van der Waals surface area contributed by atoms with Crippen LogP contribution in [0.2, 0.25) is 0 Å². The summed E-state index contributed by atoms with van der Waals surface area (Å²) in [7, 11) is 0. The Kier molecular flexibility index (Phi) is 4.60. The van der Waals surface area contributed by atoms with Gasteiger partial charge < -0.3 is 5.32 Å². The van der Waals surface area contributed by atoms with Gasteiger partial charge in [-0.3, -0.25) is 0 Å². The molecule has 0 spiro atoms. The maximum atomic E-state index is 13.4. The van der Waals surface area contributed by atoms with E-state index in [0.717, 1.165) is 15.7 Å². The van der Waals surface area contributed by atoms with Crippen LogP contribution in [-0.2, 0) is 12.8 Å². The van der Waals surface area contributed by atoms with E-state index in [1.807, 2.05) is 6.07 Å². The van der Waals surface area contributed by atoms with Crippen molar-refractivity contribution in [3.05, 3.63) is 68.0 Å². The topological polar surface area (TPSA) is 12.0 Å². The van der Waals surface area contributed by atoms with Crippen LogP contribution < -0.4 is 5.32 Å². The summed E-state index contributed by atoms with van der Waals surface area (Å²) in [5, 5.41) is 3.54. The predicted molar refractivity (Wildman–Crippen MR) is 93.1 cm³/mol. The van der Waals surface area contributed by atoms with Crippen molar-refractivity contribution in [1.29, 1.82) is 0 Å². The standard InChI is InChI=1S/C18H19FIN/c1-2-21-18(16-9-8-15(19)11-17(16)20)14-7-6-12-4-3-5-13(12)10-14/h6-11,18,21H,2-5H2,1H3. The maximum Gasteiger partial charge on any atom is 0.124 e.